The first kappa shape index (κ1) is 10.5. The molecule has 1 fully saturated rings. The number of carboxylic acids is 1. The van der Waals surface area contributed by atoms with Crippen molar-refractivity contribution in [2.24, 2.45) is 0 Å². The zero-order chi connectivity index (χ0) is 9.68. The highest BCUT2D eigenvalue weighted by Crippen LogP contribution is 2.17. The van der Waals surface area contributed by atoms with Gasteiger partial charge in [-0.05, 0) is 19.3 Å². The topological polar surface area (TPSA) is 49.8 Å². The molecule has 0 aliphatic carbocycles. The van der Waals surface area contributed by atoms with E-state index in [4.69, 9.17) is 9.94 Å². The number of carbonyl (C=O) groups is 1. The van der Waals surface area contributed by atoms with E-state index in [1.54, 1.807) is 5.06 Å². The van der Waals surface area contributed by atoms with E-state index >= 15 is 0 Å². The molecule has 1 heterocycles. The molecule has 76 valence electrons. The molecule has 1 atom stereocenters. The molecule has 1 saturated heterocycles. The first-order chi connectivity index (χ1) is 6.25. The lowest BCUT2D eigenvalue weighted by atomic mass is 10.2. The molecule has 0 aromatic rings. The van der Waals surface area contributed by atoms with E-state index in [0.717, 1.165) is 25.8 Å². The summed E-state index contributed by atoms with van der Waals surface area (Å²) in [5.74, 6) is -0.769. The van der Waals surface area contributed by atoms with Gasteiger partial charge in [-0.2, -0.15) is 5.06 Å². The average Bonchev–Trinajstić information content (AvgIpc) is 2.53. The van der Waals surface area contributed by atoms with Crippen molar-refractivity contribution in [3.8, 4) is 0 Å². The summed E-state index contributed by atoms with van der Waals surface area (Å²) in [6, 6.07) is -0.420. The summed E-state index contributed by atoms with van der Waals surface area (Å²) in [4.78, 5) is 16.1. The van der Waals surface area contributed by atoms with E-state index in [9.17, 15) is 4.79 Å². The molecule has 1 N–H and O–H groups in total. The Morgan fingerprint density at radius 3 is 3.08 bits per heavy atom. The molecule has 0 radical (unpaired) electrons. The molecule has 0 unspecified atom stereocenters. The fraction of sp³-hybridized carbons (Fsp3) is 0.889. The van der Waals surface area contributed by atoms with Crippen LogP contribution in [0.15, 0.2) is 0 Å². The predicted molar refractivity (Wildman–Crippen MR) is 48.2 cm³/mol. The van der Waals surface area contributed by atoms with Crippen LogP contribution in [0.5, 0.6) is 0 Å². The molecule has 1 aliphatic rings. The molecule has 0 spiro atoms. The lowest BCUT2D eigenvalue weighted by Crippen LogP contribution is -2.36. The first-order valence-corrected chi connectivity index (χ1v) is 4.88. The summed E-state index contributed by atoms with van der Waals surface area (Å²) in [5, 5.41) is 10.4. The highest BCUT2D eigenvalue weighted by Gasteiger charge is 2.31. The monoisotopic (exact) mass is 187 g/mol. The highest BCUT2D eigenvalue weighted by molar-refractivity contribution is 5.73. The molecule has 13 heavy (non-hydrogen) atoms. The van der Waals surface area contributed by atoms with Gasteiger partial charge in [-0.15, -0.1) is 0 Å². The van der Waals surface area contributed by atoms with Gasteiger partial charge in [0.1, 0.15) is 6.04 Å². The zero-order valence-electron chi connectivity index (χ0n) is 8.03. The van der Waals surface area contributed by atoms with Gasteiger partial charge < -0.3 is 5.11 Å². The number of unbranched alkanes of at least 4 members (excludes halogenated alkanes) is 1. The zero-order valence-corrected chi connectivity index (χ0v) is 8.03. The number of hydrogen-bond donors (Lipinski definition) is 1. The molecule has 0 amide bonds. The fourth-order valence-corrected chi connectivity index (χ4v) is 1.47. The third kappa shape index (κ3) is 2.97. The average molecular weight is 187 g/mol. The maximum absolute atomic E-state index is 10.7. The first-order valence-electron chi connectivity index (χ1n) is 4.88. The molecule has 0 aromatic heterocycles. The Morgan fingerprint density at radius 2 is 2.46 bits per heavy atom. The number of aliphatic carboxylic acids is 1. The summed E-state index contributed by atoms with van der Waals surface area (Å²) in [5.41, 5.74) is 0. The fourth-order valence-electron chi connectivity index (χ4n) is 1.47. The largest absolute Gasteiger partial charge is 0.480 e. The molecular weight excluding hydrogens is 170 g/mol. The van der Waals surface area contributed by atoms with Crippen molar-refractivity contribution in [3.63, 3.8) is 0 Å². The van der Waals surface area contributed by atoms with Crippen molar-refractivity contribution < 1.29 is 14.7 Å². The molecule has 4 nitrogen and oxygen atoms in total. The summed E-state index contributed by atoms with van der Waals surface area (Å²) >= 11 is 0. The van der Waals surface area contributed by atoms with Crippen molar-refractivity contribution in [1.29, 1.82) is 0 Å². The molecule has 0 saturated carbocycles. The summed E-state index contributed by atoms with van der Waals surface area (Å²) in [7, 11) is 0. The van der Waals surface area contributed by atoms with E-state index in [0.29, 0.717) is 13.0 Å². The second-order valence-corrected chi connectivity index (χ2v) is 3.32. The van der Waals surface area contributed by atoms with Gasteiger partial charge in [0.25, 0.3) is 0 Å². The molecular formula is C9H17NO3. The van der Waals surface area contributed by atoms with Crippen molar-refractivity contribution >= 4 is 5.97 Å². The van der Waals surface area contributed by atoms with E-state index in [2.05, 4.69) is 6.92 Å². The number of nitrogens with zero attached hydrogens (tertiary/aromatic N) is 1. The Balaban J connectivity index is 2.27. The second kappa shape index (κ2) is 5.19. The van der Waals surface area contributed by atoms with Crippen LogP contribution in [-0.4, -0.2) is 35.3 Å². The van der Waals surface area contributed by atoms with Gasteiger partial charge in [-0.1, -0.05) is 13.3 Å². The number of hydrogen-bond acceptors (Lipinski definition) is 3. The normalized spacial score (nSPS) is 23.6. The Labute approximate surface area is 78.4 Å². The molecule has 1 rings (SSSR count). The highest BCUT2D eigenvalue weighted by atomic mass is 16.7. The summed E-state index contributed by atoms with van der Waals surface area (Å²) in [6.45, 7) is 3.48. The van der Waals surface area contributed by atoms with Gasteiger partial charge in [-0.3, -0.25) is 9.63 Å². The lowest BCUT2D eigenvalue weighted by Gasteiger charge is -2.20. The van der Waals surface area contributed by atoms with Crippen LogP contribution in [0.1, 0.15) is 32.6 Å². The van der Waals surface area contributed by atoms with E-state index in [-0.39, 0.29) is 0 Å². The number of hydroxylamine groups is 2. The van der Waals surface area contributed by atoms with Gasteiger partial charge in [0, 0.05) is 6.54 Å². The van der Waals surface area contributed by atoms with E-state index in [1.165, 1.54) is 0 Å². The van der Waals surface area contributed by atoms with Gasteiger partial charge in [0.05, 0.1) is 6.61 Å². The van der Waals surface area contributed by atoms with Crippen LogP contribution in [0.25, 0.3) is 0 Å². The quantitative estimate of drug-likeness (QED) is 0.658. The van der Waals surface area contributed by atoms with Crippen molar-refractivity contribution in [3.05, 3.63) is 0 Å². The van der Waals surface area contributed by atoms with Crippen LogP contribution in [0.4, 0.5) is 0 Å². The second-order valence-electron chi connectivity index (χ2n) is 3.32. The predicted octanol–water partition coefficient (Wildman–Crippen LogP) is 1.27. The summed E-state index contributed by atoms with van der Waals surface area (Å²) in [6.07, 6.45) is 3.69. The van der Waals surface area contributed by atoms with Crippen molar-refractivity contribution in [2.45, 2.75) is 38.6 Å². The molecule has 0 aromatic carbocycles. The molecule has 0 bridgehead atoms. The van der Waals surface area contributed by atoms with Crippen molar-refractivity contribution in [2.75, 3.05) is 13.2 Å². The van der Waals surface area contributed by atoms with Gasteiger partial charge >= 0.3 is 5.97 Å². The van der Waals surface area contributed by atoms with Crippen LogP contribution in [0.3, 0.4) is 0 Å². The van der Waals surface area contributed by atoms with Crippen molar-refractivity contribution in [1.82, 2.24) is 5.06 Å². The minimum atomic E-state index is -0.769. The maximum atomic E-state index is 10.7. The minimum absolute atomic E-state index is 0.420. The van der Waals surface area contributed by atoms with Gasteiger partial charge in [-0.25, -0.2) is 0 Å². The van der Waals surface area contributed by atoms with Crippen LogP contribution in [0, 0.1) is 0 Å². The van der Waals surface area contributed by atoms with Gasteiger partial charge in [0.15, 0.2) is 0 Å². The van der Waals surface area contributed by atoms with Gasteiger partial charge in [0.2, 0.25) is 0 Å². The Bertz CT molecular complexity index is 172. The van der Waals surface area contributed by atoms with Crippen LogP contribution < -0.4 is 0 Å². The third-order valence-electron chi connectivity index (χ3n) is 2.24. The van der Waals surface area contributed by atoms with E-state index < -0.39 is 12.0 Å². The van der Waals surface area contributed by atoms with E-state index in [1.807, 2.05) is 0 Å². The Kier molecular flexibility index (Phi) is 4.18. The molecule has 1 aliphatic heterocycles. The Morgan fingerprint density at radius 1 is 1.69 bits per heavy atom. The SMILES string of the molecule is CCCCON1CCC[C@H]1C(=O)O. The summed E-state index contributed by atoms with van der Waals surface area (Å²) < 4.78 is 0. The number of rotatable bonds is 5. The van der Waals surface area contributed by atoms with Crippen LogP contribution >= 0.6 is 0 Å². The third-order valence-corrected chi connectivity index (χ3v) is 2.24. The Hall–Kier alpha value is -0.610. The van der Waals surface area contributed by atoms with Crippen LogP contribution in [0.2, 0.25) is 0 Å². The maximum Gasteiger partial charge on any atom is 0.323 e. The smallest absolute Gasteiger partial charge is 0.323 e. The van der Waals surface area contributed by atoms with Crippen LogP contribution in [-0.2, 0) is 9.63 Å². The standard InChI is InChI=1S/C9H17NO3/c1-2-3-7-13-10-6-4-5-8(10)9(11)12/h8H,2-7H2,1H3,(H,11,12)/t8-/m0/s1. The molecule has 4 heteroatoms. The number of carboxylic acid groups (broad SMARTS) is 1. The minimum Gasteiger partial charge on any atom is -0.480 e. The lowest BCUT2D eigenvalue weighted by molar-refractivity contribution is -0.186.